The van der Waals surface area contributed by atoms with E-state index in [0.29, 0.717) is 37.4 Å². The molecule has 0 radical (unpaired) electrons. The van der Waals surface area contributed by atoms with Crippen LogP contribution >= 0.6 is 0 Å². The predicted octanol–water partition coefficient (Wildman–Crippen LogP) is 2.12. The summed E-state index contributed by atoms with van der Waals surface area (Å²) in [6.07, 6.45) is 1.46. The zero-order valence-corrected chi connectivity index (χ0v) is 33.9. The molecule has 1 fully saturated rings. The number of ether oxygens (including phenoxy) is 1. The van der Waals surface area contributed by atoms with Crippen molar-refractivity contribution in [3.63, 3.8) is 0 Å². The van der Waals surface area contributed by atoms with Crippen LogP contribution in [0.1, 0.15) is 60.9 Å². The lowest BCUT2D eigenvalue weighted by Gasteiger charge is -2.29. The number of guanidine groups is 1. The summed E-state index contributed by atoms with van der Waals surface area (Å²) in [6.45, 7) is 8.08. The number of hydrogen-bond donors (Lipinski definition) is 8. The highest BCUT2D eigenvalue weighted by molar-refractivity contribution is 5.95. The van der Waals surface area contributed by atoms with Gasteiger partial charge in [-0.25, -0.2) is 13.6 Å². The van der Waals surface area contributed by atoms with E-state index in [-0.39, 0.29) is 44.3 Å². The van der Waals surface area contributed by atoms with Crippen molar-refractivity contribution in [2.75, 3.05) is 59.0 Å². The minimum atomic E-state index is -1.17. The molecule has 0 spiro atoms. The second-order valence-corrected chi connectivity index (χ2v) is 14.6. The van der Waals surface area contributed by atoms with Crippen LogP contribution in [-0.4, -0.2) is 110 Å². The quantitative estimate of drug-likeness (QED) is 0.0472. The third-order valence-electron chi connectivity index (χ3n) is 10.2. The molecule has 3 aromatic carbocycles. The third kappa shape index (κ3) is 13.9. The molecule has 2 heterocycles. The molecule has 0 aliphatic carbocycles. The van der Waals surface area contributed by atoms with Crippen LogP contribution in [-0.2, 0) is 34.0 Å². The summed E-state index contributed by atoms with van der Waals surface area (Å²) in [7, 11) is 0. The highest BCUT2D eigenvalue weighted by Gasteiger charge is 2.34. The van der Waals surface area contributed by atoms with Crippen molar-refractivity contribution >= 4 is 29.7 Å². The number of carbonyl (C=O) groups is 4. The number of phenolic OH excluding ortho intramolecular Hbond substituents is 1. The largest absolute Gasteiger partial charge is 0.508 e. The minimum Gasteiger partial charge on any atom is -0.508 e. The molecule has 1 saturated heterocycles. The number of rotatable bonds is 20. The number of aliphatic imine (C=N–C) groups is 1. The summed E-state index contributed by atoms with van der Waals surface area (Å²) < 4.78 is 35.2. The average molecular weight is 835 g/mol. The van der Waals surface area contributed by atoms with Crippen molar-refractivity contribution in [3.8, 4) is 11.5 Å². The van der Waals surface area contributed by atoms with Gasteiger partial charge in [0.05, 0.1) is 6.61 Å². The van der Waals surface area contributed by atoms with E-state index in [2.05, 4.69) is 41.8 Å². The lowest BCUT2D eigenvalue weighted by Crippen LogP contribution is -2.50. The monoisotopic (exact) mass is 834 g/mol. The molecule has 324 valence electrons. The number of halogens is 2. The van der Waals surface area contributed by atoms with Crippen LogP contribution in [0.5, 0.6) is 11.5 Å². The summed E-state index contributed by atoms with van der Waals surface area (Å²) >= 11 is 0. The third-order valence-corrected chi connectivity index (χ3v) is 10.2. The predicted molar refractivity (Wildman–Crippen MR) is 222 cm³/mol. The molecular formula is C42H56F2N10O6. The summed E-state index contributed by atoms with van der Waals surface area (Å²) in [5.41, 5.74) is 8.27. The van der Waals surface area contributed by atoms with Crippen LogP contribution in [0, 0.1) is 11.6 Å². The zero-order chi connectivity index (χ0) is 42.9. The number of nitrogens with zero attached hydrogens (tertiary/aromatic N) is 3. The van der Waals surface area contributed by atoms with Crippen LogP contribution in [0.4, 0.5) is 13.6 Å². The Labute approximate surface area is 348 Å². The Hall–Kier alpha value is -5.85. The van der Waals surface area contributed by atoms with Gasteiger partial charge in [-0.2, -0.15) is 0 Å². The molecule has 1 unspecified atom stereocenters. The molecule has 16 nitrogen and oxygen atoms in total. The van der Waals surface area contributed by atoms with Gasteiger partial charge in [-0.3, -0.25) is 29.6 Å². The van der Waals surface area contributed by atoms with Crippen molar-refractivity contribution in [3.05, 3.63) is 94.6 Å². The standard InChI is InChI=1S/C42H56F2N10O6/c1-2-37(56)47-15-16-49-42(59)52-41(45)48-14-5-9-36(39(57)50-25-33-34(43)23-31(55)24-35(33)44)51-40(58)38(54-26-29-7-3-4-8-30(29)27-54)28-10-12-32(13-11-28)60-22-6-19-53-20-17-46-18-21-53/h3-4,7-8,10-13,23-24,36,38,46,55H,2,5-6,9,14-22,25-27H2,1H3,(H,47,56)(H,50,57)(H,51,58)(H4,45,48,49,52,59)/t36?,38-/m0/s1. The van der Waals surface area contributed by atoms with Crippen LogP contribution in [0.3, 0.4) is 0 Å². The van der Waals surface area contributed by atoms with Crippen LogP contribution in [0.2, 0.25) is 0 Å². The van der Waals surface area contributed by atoms with E-state index in [1.165, 1.54) is 0 Å². The SMILES string of the molecule is CCC(=O)NCCNC(=O)NC(N)=NCCCC(NC(=O)[C@H](c1ccc(OCCCN2CCNCC2)cc1)N1Cc2ccccc2C1)C(=O)NCc1c(F)cc(O)cc1F. The summed E-state index contributed by atoms with van der Waals surface area (Å²) in [5, 5.41) is 25.9. The molecule has 2 aliphatic heterocycles. The Bertz CT molecular complexity index is 1900. The van der Waals surface area contributed by atoms with Crippen LogP contribution in [0.15, 0.2) is 65.7 Å². The van der Waals surface area contributed by atoms with Gasteiger partial charge in [-0.15, -0.1) is 0 Å². The number of piperazine rings is 1. The van der Waals surface area contributed by atoms with Gasteiger partial charge in [0, 0.05) is 96.1 Å². The van der Waals surface area contributed by atoms with Crippen molar-refractivity contribution in [2.24, 2.45) is 10.7 Å². The number of nitrogens with two attached hydrogens (primary N) is 1. The van der Waals surface area contributed by atoms with Gasteiger partial charge in [-0.05, 0) is 48.1 Å². The number of nitrogens with one attached hydrogen (secondary N) is 6. The van der Waals surface area contributed by atoms with Crippen molar-refractivity contribution in [1.29, 1.82) is 0 Å². The van der Waals surface area contributed by atoms with Gasteiger partial charge in [-0.1, -0.05) is 43.3 Å². The Kier molecular flexibility index (Phi) is 17.4. The second kappa shape index (κ2) is 23.1. The molecule has 0 bridgehead atoms. The molecule has 5 rings (SSSR count). The Morgan fingerprint density at radius 3 is 2.25 bits per heavy atom. The molecule has 9 N–H and O–H groups in total. The Morgan fingerprint density at radius 2 is 1.58 bits per heavy atom. The molecule has 3 aromatic rings. The van der Waals surface area contributed by atoms with Gasteiger partial charge in [0.15, 0.2) is 5.96 Å². The van der Waals surface area contributed by atoms with Crippen LogP contribution < -0.4 is 42.4 Å². The fourth-order valence-corrected chi connectivity index (χ4v) is 7.00. The topological polar surface area (TPSA) is 215 Å². The number of aromatic hydroxyl groups is 1. The number of urea groups is 1. The summed E-state index contributed by atoms with van der Waals surface area (Å²) in [6, 6.07) is 14.1. The second-order valence-electron chi connectivity index (χ2n) is 14.6. The number of fused-ring (bicyclic) bond motifs is 1. The maximum Gasteiger partial charge on any atom is 0.321 e. The van der Waals surface area contributed by atoms with Crippen molar-refractivity contribution in [2.45, 2.75) is 64.3 Å². The van der Waals surface area contributed by atoms with E-state index >= 15 is 0 Å². The smallest absolute Gasteiger partial charge is 0.321 e. The molecule has 18 heteroatoms. The van der Waals surface area contributed by atoms with Gasteiger partial charge in [0.25, 0.3) is 0 Å². The molecular weight excluding hydrogens is 779 g/mol. The minimum absolute atomic E-state index is 0.0475. The van der Waals surface area contributed by atoms with E-state index in [1.54, 1.807) is 6.92 Å². The van der Waals surface area contributed by atoms with Crippen molar-refractivity contribution < 1.29 is 37.8 Å². The Morgan fingerprint density at radius 1 is 0.917 bits per heavy atom. The van der Waals surface area contributed by atoms with E-state index in [4.69, 9.17) is 10.5 Å². The maximum atomic E-state index is 14.6. The number of hydrogen-bond acceptors (Lipinski definition) is 10. The number of amides is 5. The first-order chi connectivity index (χ1) is 29.0. The molecule has 5 amide bonds. The normalized spacial score (nSPS) is 15.3. The van der Waals surface area contributed by atoms with E-state index in [0.717, 1.165) is 62.4 Å². The van der Waals surface area contributed by atoms with E-state index < -0.39 is 59.4 Å². The maximum absolute atomic E-state index is 14.6. The van der Waals surface area contributed by atoms with Gasteiger partial charge < -0.3 is 47.1 Å². The fraction of sp³-hybridized carbons (Fsp3) is 0.452. The van der Waals surface area contributed by atoms with Gasteiger partial charge >= 0.3 is 6.03 Å². The highest BCUT2D eigenvalue weighted by Crippen LogP contribution is 2.32. The van der Waals surface area contributed by atoms with Crippen LogP contribution in [0.25, 0.3) is 0 Å². The first-order valence-corrected chi connectivity index (χ1v) is 20.3. The lowest BCUT2D eigenvalue weighted by molar-refractivity contribution is -0.132. The average Bonchev–Trinajstić information content (AvgIpc) is 3.66. The Balaban J connectivity index is 1.26. The molecule has 2 atom stereocenters. The van der Waals surface area contributed by atoms with Crippen molar-refractivity contribution in [1.82, 2.24) is 41.7 Å². The number of benzene rings is 3. The molecule has 2 aliphatic rings. The number of phenols is 1. The first kappa shape index (κ1) is 45.2. The first-order valence-electron chi connectivity index (χ1n) is 20.3. The fourth-order valence-electron chi connectivity index (χ4n) is 7.00. The molecule has 60 heavy (non-hydrogen) atoms. The highest BCUT2D eigenvalue weighted by atomic mass is 19.1. The summed E-state index contributed by atoms with van der Waals surface area (Å²) in [5.74, 6) is -3.51. The zero-order valence-electron chi connectivity index (χ0n) is 33.9. The number of carbonyl (C=O) groups excluding carboxylic acids is 4. The van der Waals surface area contributed by atoms with E-state index in [1.807, 2.05) is 53.4 Å². The van der Waals surface area contributed by atoms with E-state index in [9.17, 15) is 33.1 Å². The molecule has 0 aromatic heterocycles. The molecule has 0 saturated carbocycles. The summed E-state index contributed by atoms with van der Waals surface area (Å²) in [4.78, 5) is 60.3. The lowest BCUT2D eigenvalue weighted by atomic mass is 10.0. The van der Waals surface area contributed by atoms with Gasteiger partial charge in [0.1, 0.15) is 35.2 Å². The van der Waals surface area contributed by atoms with Gasteiger partial charge in [0.2, 0.25) is 17.7 Å².